The van der Waals surface area contributed by atoms with Gasteiger partial charge in [-0.3, -0.25) is 4.79 Å². The molecule has 1 amide bonds. The van der Waals surface area contributed by atoms with E-state index in [-0.39, 0.29) is 5.41 Å². The first kappa shape index (κ1) is 15.8. The molecule has 0 saturated heterocycles. The molecule has 0 aliphatic heterocycles. The summed E-state index contributed by atoms with van der Waals surface area (Å²) in [5.41, 5.74) is 2.28. The molecule has 1 aromatic carbocycles. The van der Waals surface area contributed by atoms with E-state index in [1.165, 1.54) is 11.1 Å². The third kappa shape index (κ3) is 2.76. The largest absolute Gasteiger partial charge is 0.343 e. The third-order valence-electron chi connectivity index (χ3n) is 4.77. The summed E-state index contributed by atoms with van der Waals surface area (Å²) >= 11 is 0. The van der Waals surface area contributed by atoms with Crippen LogP contribution in [0.4, 0.5) is 0 Å². The number of benzene rings is 1. The smallest absolute Gasteiger partial charge is 0.229 e. The Bertz CT molecular complexity index is 526. The van der Waals surface area contributed by atoms with E-state index in [0.29, 0.717) is 17.7 Å². The standard InChI is InChI=1S/C19H27NO/c1-6-20(7-2)18(21)19(5)16(13-14(3)4)17(19)15-11-9-8-10-12-15/h8-13,16-17H,6-7H2,1-5H3/t16-,17+,19-/m1/s1. The van der Waals surface area contributed by atoms with Crippen LogP contribution in [-0.4, -0.2) is 23.9 Å². The van der Waals surface area contributed by atoms with Gasteiger partial charge in [0.15, 0.2) is 0 Å². The van der Waals surface area contributed by atoms with Crippen LogP contribution in [0.1, 0.15) is 46.1 Å². The fourth-order valence-corrected chi connectivity index (χ4v) is 3.52. The molecule has 2 rings (SSSR count). The van der Waals surface area contributed by atoms with Gasteiger partial charge in [0, 0.05) is 19.0 Å². The van der Waals surface area contributed by atoms with Gasteiger partial charge in [-0.25, -0.2) is 0 Å². The van der Waals surface area contributed by atoms with Crippen LogP contribution in [-0.2, 0) is 4.79 Å². The van der Waals surface area contributed by atoms with Crippen LogP contribution in [0.3, 0.4) is 0 Å². The zero-order valence-electron chi connectivity index (χ0n) is 13.9. The number of allylic oxidation sites excluding steroid dienone is 2. The third-order valence-corrected chi connectivity index (χ3v) is 4.77. The second kappa shape index (κ2) is 6.05. The van der Waals surface area contributed by atoms with Gasteiger partial charge >= 0.3 is 0 Å². The highest BCUT2D eigenvalue weighted by Gasteiger charge is 2.65. The molecular weight excluding hydrogens is 258 g/mol. The van der Waals surface area contributed by atoms with E-state index in [1.807, 2.05) is 11.0 Å². The fraction of sp³-hybridized carbons (Fsp3) is 0.526. The van der Waals surface area contributed by atoms with E-state index in [4.69, 9.17) is 0 Å². The SMILES string of the molecule is CCN(CC)C(=O)[C@]1(C)[C@H](C=C(C)C)[C@@H]1c1ccccc1. The Balaban J connectivity index is 2.35. The average Bonchev–Trinajstić information content (AvgIpc) is 3.06. The normalized spacial score (nSPS) is 27.1. The first-order chi connectivity index (χ1) is 9.96. The molecule has 0 spiro atoms. The molecule has 0 unspecified atom stereocenters. The van der Waals surface area contributed by atoms with Gasteiger partial charge in [0.1, 0.15) is 0 Å². The lowest BCUT2D eigenvalue weighted by molar-refractivity contribution is -0.136. The Morgan fingerprint density at radius 2 is 1.76 bits per heavy atom. The fourth-order valence-electron chi connectivity index (χ4n) is 3.52. The Morgan fingerprint density at radius 1 is 1.19 bits per heavy atom. The van der Waals surface area contributed by atoms with E-state index >= 15 is 0 Å². The van der Waals surface area contributed by atoms with E-state index in [2.05, 4.69) is 65.0 Å². The van der Waals surface area contributed by atoms with Crippen molar-refractivity contribution in [1.82, 2.24) is 4.90 Å². The van der Waals surface area contributed by atoms with Crippen molar-refractivity contribution in [2.75, 3.05) is 13.1 Å². The molecule has 2 nitrogen and oxygen atoms in total. The van der Waals surface area contributed by atoms with Crippen molar-refractivity contribution < 1.29 is 4.79 Å². The minimum absolute atomic E-state index is 0.287. The van der Waals surface area contributed by atoms with Gasteiger partial charge in [-0.15, -0.1) is 0 Å². The quantitative estimate of drug-likeness (QED) is 0.741. The molecule has 1 aliphatic carbocycles. The van der Waals surface area contributed by atoms with Crippen molar-refractivity contribution in [3.8, 4) is 0 Å². The van der Waals surface area contributed by atoms with E-state index in [9.17, 15) is 4.79 Å². The molecule has 3 atom stereocenters. The minimum atomic E-state index is -0.287. The molecule has 114 valence electrons. The lowest BCUT2D eigenvalue weighted by Gasteiger charge is -2.24. The summed E-state index contributed by atoms with van der Waals surface area (Å²) in [7, 11) is 0. The number of hydrogen-bond acceptors (Lipinski definition) is 1. The molecule has 0 heterocycles. The molecule has 2 heteroatoms. The summed E-state index contributed by atoms with van der Waals surface area (Å²) in [5.74, 6) is 0.920. The minimum Gasteiger partial charge on any atom is -0.343 e. The lowest BCUT2D eigenvalue weighted by Crippen LogP contribution is -2.37. The highest BCUT2D eigenvalue weighted by atomic mass is 16.2. The predicted molar refractivity (Wildman–Crippen MR) is 88.1 cm³/mol. The van der Waals surface area contributed by atoms with E-state index in [1.54, 1.807) is 0 Å². The molecule has 21 heavy (non-hydrogen) atoms. The molecule has 0 bridgehead atoms. The van der Waals surface area contributed by atoms with Crippen molar-refractivity contribution in [2.24, 2.45) is 11.3 Å². The lowest BCUT2D eigenvalue weighted by atomic mass is 9.99. The summed E-state index contributed by atoms with van der Waals surface area (Å²) in [6.07, 6.45) is 2.28. The number of rotatable bonds is 5. The van der Waals surface area contributed by atoms with Crippen molar-refractivity contribution >= 4 is 5.91 Å². The molecule has 0 radical (unpaired) electrons. The first-order valence-corrected chi connectivity index (χ1v) is 7.96. The molecule has 0 N–H and O–H groups in total. The topological polar surface area (TPSA) is 20.3 Å². The summed E-state index contributed by atoms with van der Waals surface area (Å²) in [6.45, 7) is 12.0. The van der Waals surface area contributed by atoms with Crippen molar-refractivity contribution in [2.45, 2.75) is 40.5 Å². The van der Waals surface area contributed by atoms with Crippen molar-refractivity contribution in [3.63, 3.8) is 0 Å². The second-order valence-electron chi connectivity index (χ2n) is 6.42. The van der Waals surface area contributed by atoms with Crippen molar-refractivity contribution in [1.29, 1.82) is 0 Å². The van der Waals surface area contributed by atoms with Crippen LogP contribution in [0.5, 0.6) is 0 Å². The second-order valence-corrected chi connectivity index (χ2v) is 6.42. The first-order valence-electron chi connectivity index (χ1n) is 7.96. The Hall–Kier alpha value is -1.57. The molecular formula is C19H27NO. The maximum atomic E-state index is 13.0. The average molecular weight is 285 g/mol. The highest BCUT2D eigenvalue weighted by molar-refractivity contribution is 5.88. The maximum absolute atomic E-state index is 13.0. The van der Waals surface area contributed by atoms with Crippen LogP contribution >= 0.6 is 0 Å². The van der Waals surface area contributed by atoms with Gasteiger partial charge in [0.05, 0.1) is 5.41 Å². The summed E-state index contributed by atoms with van der Waals surface area (Å²) < 4.78 is 0. The predicted octanol–water partition coefficient (Wildman–Crippen LogP) is 4.24. The monoisotopic (exact) mass is 285 g/mol. The van der Waals surface area contributed by atoms with Crippen LogP contribution < -0.4 is 0 Å². The highest BCUT2D eigenvalue weighted by Crippen LogP contribution is 2.66. The van der Waals surface area contributed by atoms with E-state index in [0.717, 1.165) is 13.1 Å². The molecule has 1 saturated carbocycles. The zero-order valence-corrected chi connectivity index (χ0v) is 13.9. The van der Waals surface area contributed by atoms with Crippen molar-refractivity contribution in [3.05, 3.63) is 47.5 Å². The Kier molecular flexibility index (Phi) is 4.55. The molecule has 0 aromatic heterocycles. The zero-order chi connectivity index (χ0) is 15.6. The van der Waals surface area contributed by atoms with E-state index < -0.39 is 0 Å². The number of nitrogens with zero attached hydrogens (tertiary/aromatic N) is 1. The number of hydrogen-bond donors (Lipinski definition) is 0. The summed E-state index contributed by atoms with van der Waals surface area (Å²) in [5, 5.41) is 0. The molecule has 1 fully saturated rings. The summed E-state index contributed by atoms with van der Waals surface area (Å²) in [6, 6.07) is 10.5. The number of carbonyl (C=O) groups is 1. The number of carbonyl (C=O) groups excluding carboxylic acids is 1. The van der Waals surface area contributed by atoms with Gasteiger partial charge in [-0.2, -0.15) is 0 Å². The van der Waals surface area contributed by atoms with Gasteiger partial charge < -0.3 is 4.90 Å². The van der Waals surface area contributed by atoms with Crippen LogP contribution in [0.25, 0.3) is 0 Å². The van der Waals surface area contributed by atoms with Crippen LogP contribution in [0.2, 0.25) is 0 Å². The van der Waals surface area contributed by atoms with Gasteiger partial charge in [-0.05, 0) is 46.1 Å². The maximum Gasteiger partial charge on any atom is 0.229 e. The van der Waals surface area contributed by atoms with Gasteiger partial charge in [-0.1, -0.05) is 42.0 Å². The summed E-state index contributed by atoms with van der Waals surface area (Å²) in [4.78, 5) is 14.9. The van der Waals surface area contributed by atoms with Gasteiger partial charge in [0.25, 0.3) is 0 Å². The van der Waals surface area contributed by atoms with Crippen LogP contribution in [0, 0.1) is 11.3 Å². The van der Waals surface area contributed by atoms with Crippen LogP contribution in [0.15, 0.2) is 42.0 Å². The molecule has 1 aromatic rings. The Labute approximate surface area is 128 Å². The number of amides is 1. The Morgan fingerprint density at radius 3 is 2.24 bits per heavy atom. The molecule has 1 aliphatic rings. The van der Waals surface area contributed by atoms with Gasteiger partial charge in [0.2, 0.25) is 5.91 Å².